The summed E-state index contributed by atoms with van der Waals surface area (Å²) in [6, 6.07) is 0. The smallest absolute Gasteiger partial charge is 0.101 e. The number of nitrogens with two attached hydrogens (primary N) is 1. The first-order chi connectivity index (χ1) is 6.83. The molecule has 2 N–H and O–H groups in total. The zero-order chi connectivity index (χ0) is 10.2. The van der Waals surface area contributed by atoms with Gasteiger partial charge in [0.1, 0.15) is 4.62 Å². The van der Waals surface area contributed by atoms with E-state index in [1.165, 1.54) is 32.4 Å². The maximum absolute atomic E-state index is 5.34. The molecule has 1 fully saturated rings. The topological polar surface area (TPSA) is 41.6 Å². The van der Waals surface area contributed by atoms with Crippen molar-refractivity contribution in [1.82, 2.24) is 4.90 Å². The van der Waals surface area contributed by atoms with Crippen LogP contribution in [0.15, 0.2) is 17.1 Å². The van der Waals surface area contributed by atoms with Crippen molar-refractivity contribution < 1.29 is 0 Å². The Kier molecular flexibility index (Phi) is 6.07. The molecular weight excluding hydrogens is 242 g/mol. The maximum atomic E-state index is 5.34. The first kappa shape index (κ1) is 11.9. The molecule has 0 atom stereocenters. The molecule has 1 aliphatic heterocycles. The second-order valence-electron chi connectivity index (χ2n) is 3.44. The van der Waals surface area contributed by atoms with Crippen LogP contribution in [0, 0.1) is 0 Å². The molecule has 1 heterocycles. The van der Waals surface area contributed by atoms with Crippen molar-refractivity contribution in [2.24, 2.45) is 10.7 Å². The standard InChI is InChI=1S/C10H18BrN3/c11-10(5-4-6-12)13-9-14-7-2-1-3-8-14/h4-5H,1-3,6-9,12H2/b5-4-,13-10+. The molecule has 0 radical (unpaired) electrons. The summed E-state index contributed by atoms with van der Waals surface area (Å²) in [6.07, 6.45) is 7.79. The van der Waals surface area contributed by atoms with Crippen LogP contribution in [0.4, 0.5) is 0 Å². The van der Waals surface area contributed by atoms with E-state index in [4.69, 9.17) is 5.73 Å². The molecule has 1 saturated heterocycles. The van der Waals surface area contributed by atoms with Crippen LogP contribution >= 0.6 is 15.9 Å². The second-order valence-corrected chi connectivity index (χ2v) is 4.25. The Hall–Kier alpha value is -0.190. The van der Waals surface area contributed by atoms with Gasteiger partial charge in [0.05, 0.1) is 6.67 Å². The summed E-state index contributed by atoms with van der Waals surface area (Å²) in [6.45, 7) is 3.73. The van der Waals surface area contributed by atoms with E-state index < -0.39 is 0 Å². The largest absolute Gasteiger partial charge is 0.327 e. The lowest BCUT2D eigenvalue weighted by Gasteiger charge is -2.24. The van der Waals surface area contributed by atoms with Crippen LogP contribution in [-0.4, -0.2) is 35.8 Å². The van der Waals surface area contributed by atoms with Crippen molar-refractivity contribution in [2.75, 3.05) is 26.3 Å². The number of hydrogen-bond acceptors (Lipinski definition) is 3. The molecule has 0 aromatic carbocycles. The average molecular weight is 260 g/mol. The minimum atomic E-state index is 0.564. The van der Waals surface area contributed by atoms with Gasteiger partial charge in [-0.15, -0.1) is 0 Å². The Bertz CT molecular complexity index is 207. The molecule has 80 valence electrons. The fourth-order valence-electron chi connectivity index (χ4n) is 1.49. The summed E-state index contributed by atoms with van der Waals surface area (Å²) in [5.74, 6) is 0. The van der Waals surface area contributed by atoms with Crippen LogP contribution in [0.2, 0.25) is 0 Å². The Morgan fingerprint density at radius 3 is 2.71 bits per heavy atom. The lowest BCUT2D eigenvalue weighted by atomic mass is 10.1. The quantitative estimate of drug-likeness (QED) is 0.782. The fraction of sp³-hybridized carbons (Fsp3) is 0.700. The first-order valence-electron chi connectivity index (χ1n) is 5.12. The van der Waals surface area contributed by atoms with E-state index in [1.807, 2.05) is 12.2 Å². The third-order valence-corrected chi connectivity index (χ3v) is 2.78. The van der Waals surface area contributed by atoms with Crippen LogP contribution in [0.5, 0.6) is 0 Å². The van der Waals surface area contributed by atoms with Gasteiger partial charge in [0.25, 0.3) is 0 Å². The highest BCUT2D eigenvalue weighted by atomic mass is 79.9. The number of likely N-dealkylation sites (tertiary alicyclic amines) is 1. The molecule has 0 bridgehead atoms. The monoisotopic (exact) mass is 259 g/mol. The van der Waals surface area contributed by atoms with Crippen molar-refractivity contribution in [2.45, 2.75) is 19.3 Å². The molecule has 0 aliphatic carbocycles. The molecule has 3 nitrogen and oxygen atoms in total. The Balaban J connectivity index is 2.25. The van der Waals surface area contributed by atoms with Gasteiger partial charge >= 0.3 is 0 Å². The highest BCUT2D eigenvalue weighted by Crippen LogP contribution is 2.08. The van der Waals surface area contributed by atoms with Crippen molar-refractivity contribution >= 4 is 20.6 Å². The molecule has 1 rings (SSSR count). The predicted molar refractivity (Wildman–Crippen MR) is 64.8 cm³/mol. The minimum absolute atomic E-state index is 0.564. The van der Waals surface area contributed by atoms with Gasteiger partial charge in [-0.3, -0.25) is 9.89 Å². The molecule has 1 aliphatic rings. The average Bonchev–Trinajstić information content (AvgIpc) is 2.25. The van der Waals surface area contributed by atoms with Crippen molar-refractivity contribution in [3.8, 4) is 0 Å². The van der Waals surface area contributed by atoms with Crippen molar-refractivity contribution in [3.05, 3.63) is 12.2 Å². The van der Waals surface area contributed by atoms with Gasteiger partial charge in [-0.25, -0.2) is 0 Å². The van der Waals surface area contributed by atoms with Crippen molar-refractivity contribution in [3.63, 3.8) is 0 Å². The Morgan fingerprint density at radius 1 is 1.36 bits per heavy atom. The Morgan fingerprint density at radius 2 is 2.07 bits per heavy atom. The summed E-state index contributed by atoms with van der Waals surface area (Å²) >= 11 is 3.39. The van der Waals surface area contributed by atoms with Crippen LogP contribution in [0.25, 0.3) is 0 Å². The molecule has 4 heteroatoms. The zero-order valence-corrected chi connectivity index (χ0v) is 10.0. The van der Waals surface area contributed by atoms with Crippen LogP contribution in [-0.2, 0) is 0 Å². The number of hydrogen-bond donors (Lipinski definition) is 1. The van der Waals surface area contributed by atoms with Crippen LogP contribution < -0.4 is 5.73 Å². The first-order valence-corrected chi connectivity index (χ1v) is 5.91. The summed E-state index contributed by atoms with van der Waals surface area (Å²) in [4.78, 5) is 6.78. The summed E-state index contributed by atoms with van der Waals surface area (Å²) in [7, 11) is 0. The number of allylic oxidation sites excluding steroid dienone is 1. The molecule has 0 saturated carbocycles. The van der Waals surface area contributed by atoms with Gasteiger partial charge in [0, 0.05) is 6.54 Å². The molecule has 0 aromatic rings. The second kappa shape index (κ2) is 7.15. The normalized spacial score (nSPS) is 20.6. The maximum Gasteiger partial charge on any atom is 0.101 e. The summed E-state index contributed by atoms with van der Waals surface area (Å²) < 4.78 is 0.883. The SMILES string of the molecule is NC/C=C\C(Br)=N/CN1CCCCC1. The van der Waals surface area contributed by atoms with Gasteiger partial charge in [-0.1, -0.05) is 12.5 Å². The summed E-state index contributed by atoms with van der Waals surface area (Å²) in [5.41, 5.74) is 5.34. The van der Waals surface area contributed by atoms with Gasteiger partial charge < -0.3 is 5.73 Å². The van der Waals surface area contributed by atoms with Crippen LogP contribution in [0.3, 0.4) is 0 Å². The minimum Gasteiger partial charge on any atom is -0.327 e. The highest BCUT2D eigenvalue weighted by Gasteiger charge is 2.08. The summed E-state index contributed by atoms with van der Waals surface area (Å²) in [5, 5.41) is 0. The fourth-order valence-corrected chi connectivity index (χ4v) is 1.79. The van der Waals surface area contributed by atoms with E-state index in [-0.39, 0.29) is 0 Å². The van der Waals surface area contributed by atoms with Gasteiger partial charge in [-0.2, -0.15) is 0 Å². The molecular formula is C10H18BrN3. The molecule has 0 unspecified atom stereocenters. The lowest BCUT2D eigenvalue weighted by molar-refractivity contribution is 0.236. The van der Waals surface area contributed by atoms with E-state index in [9.17, 15) is 0 Å². The number of piperidine rings is 1. The van der Waals surface area contributed by atoms with Gasteiger partial charge in [0.2, 0.25) is 0 Å². The van der Waals surface area contributed by atoms with E-state index in [0.717, 1.165) is 11.3 Å². The predicted octanol–water partition coefficient (Wildman–Crippen LogP) is 1.74. The molecule has 0 spiro atoms. The van der Waals surface area contributed by atoms with Gasteiger partial charge in [0.15, 0.2) is 0 Å². The van der Waals surface area contributed by atoms with E-state index in [0.29, 0.717) is 6.54 Å². The third-order valence-electron chi connectivity index (χ3n) is 2.26. The van der Waals surface area contributed by atoms with Gasteiger partial charge in [-0.05, 0) is 47.9 Å². The van der Waals surface area contributed by atoms with E-state index >= 15 is 0 Å². The number of rotatable bonds is 4. The lowest BCUT2D eigenvalue weighted by Crippen LogP contribution is -2.29. The molecule has 0 amide bonds. The third kappa shape index (κ3) is 4.88. The zero-order valence-electron chi connectivity index (χ0n) is 8.45. The highest BCUT2D eigenvalue weighted by molar-refractivity contribution is 9.18. The van der Waals surface area contributed by atoms with Crippen LogP contribution in [0.1, 0.15) is 19.3 Å². The number of halogens is 1. The molecule has 0 aromatic heterocycles. The Labute approximate surface area is 94.2 Å². The van der Waals surface area contributed by atoms with E-state index in [2.05, 4.69) is 25.8 Å². The number of nitrogens with zero attached hydrogens (tertiary/aromatic N) is 2. The van der Waals surface area contributed by atoms with Crippen molar-refractivity contribution in [1.29, 1.82) is 0 Å². The number of aliphatic imine (C=N–C) groups is 1. The van der Waals surface area contributed by atoms with E-state index in [1.54, 1.807) is 0 Å². The molecule has 14 heavy (non-hydrogen) atoms.